The van der Waals surface area contributed by atoms with E-state index in [-0.39, 0.29) is 12.5 Å². The van der Waals surface area contributed by atoms with Crippen LogP contribution in [0.15, 0.2) is 36.4 Å². The van der Waals surface area contributed by atoms with Crippen molar-refractivity contribution < 1.29 is 9.53 Å². The molecule has 0 fully saturated rings. The van der Waals surface area contributed by atoms with Gasteiger partial charge in [-0.2, -0.15) is 0 Å². The van der Waals surface area contributed by atoms with Crippen molar-refractivity contribution in [1.82, 2.24) is 0 Å². The van der Waals surface area contributed by atoms with Gasteiger partial charge in [0.1, 0.15) is 5.75 Å². The first-order chi connectivity index (χ1) is 10.1. The molecular weight excluding hydrogens is 311 g/mol. The van der Waals surface area contributed by atoms with Crippen molar-refractivity contribution in [1.29, 1.82) is 0 Å². The van der Waals surface area contributed by atoms with Gasteiger partial charge in [0, 0.05) is 11.6 Å². The van der Waals surface area contributed by atoms with Crippen LogP contribution in [0.2, 0.25) is 10.0 Å². The van der Waals surface area contributed by atoms with Gasteiger partial charge in [-0.05, 0) is 35.9 Å². The normalized spacial score (nSPS) is 13.1. The lowest BCUT2D eigenvalue weighted by Crippen LogP contribution is -2.25. The maximum absolute atomic E-state index is 11.3. The molecule has 0 saturated heterocycles. The van der Waals surface area contributed by atoms with Gasteiger partial charge in [0.05, 0.1) is 16.4 Å². The Hall–Kier alpha value is -1.91. The summed E-state index contributed by atoms with van der Waals surface area (Å²) in [4.78, 5) is 11.3. The van der Waals surface area contributed by atoms with Crippen LogP contribution >= 0.6 is 23.2 Å². The standard InChI is InChI=1S/C15H12Cl2N2O2/c16-10-2-3-11(17)12(6-10)18-7-9-1-4-14-13(5-9)19-15(20)8-21-14/h1-6,18H,7-8H2,(H,19,20). The van der Waals surface area contributed by atoms with Crippen LogP contribution in [0.3, 0.4) is 0 Å². The van der Waals surface area contributed by atoms with E-state index >= 15 is 0 Å². The fourth-order valence-electron chi connectivity index (χ4n) is 2.07. The third-order valence-electron chi connectivity index (χ3n) is 3.09. The van der Waals surface area contributed by atoms with Gasteiger partial charge in [0.15, 0.2) is 6.61 Å². The van der Waals surface area contributed by atoms with E-state index in [4.69, 9.17) is 27.9 Å². The summed E-state index contributed by atoms with van der Waals surface area (Å²) in [6.45, 7) is 0.617. The van der Waals surface area contributed by atoms with Crippen LogP contribution in [0.4, 0.5) is 11.4 Å². The van der Waals surface area contributed by atoms with E-state index in [2.05, 4.69) is 10.6 Å². The number of carbonyl (C=O) groups is 1. The molecule has 4 nitrogen and oxygen atoms in total. The molecule has 0 aliphatic carbocycles. The maximum atomic E-state index is 11.3. The average molecular weight is 323 g/mol. The minimum Gasteiger partial charge on any atom is -0.482 e. The zero-order chi connectivity index (χ0) is 14.8. The van der Waals surface area contributed by atoms with Crippen molar-refractivity contribution >= 4 is 40.5 Å². The molecule has 0 aromatic heterocycles. The van der Waals surface area contributed by atoms with Crippen LogP contribution in [-0.2, 0) is 11.3 Å². The highest BCUT2D eigenvalue weighted by Gasteiger charge is 2.15. The number of fused-ring (bicyclic) bond motifs is 1. The molecular formula is C15H12Cl2N2O2. The van der Waals surface area contributed by atoms with E-state index in [1.54, 1.807) is 18.2 Å². The summed E-state index contributed by atoms with van der Waals surface area (Å²) in [5.41, 5.74) is 2.44. The zero-order valence-electron chi connectivity index (χ0n) is 11.0. The van der Waals surface area contributed by atoms with Gasteiger partial charge in [-0.3, -0.25) is 4.79 Å². The molecule has 2 aromatic rings. The molecule has 21 heavy (non-hydrogen) atoms. The number of rotatable bonds is 3. The van der Waals surface area contributed by atoms with Crippen molar-refractivity contribution in [2.75, 3.05) is 17.2 Å². The van der Waals surface area contributed by atoms with Gasteiger partial charge in [0.25, 0.3) is 5.91 Å². The highest BCUT2D eigenvalue weighted by atomic mass is 35.5. The number of ether oxygens (including phenoxy) is 1. The Balaban J connectivity index is 1.75. The summed E-state index contributed by atoms with van der Waals surface area (Å²) in [5.74, 6) is 0.532. The van der Waals surface area contributed by atoms with Crippen LogP contribution in [0.25, 0.3) is 0 Å². The van der Waals surface area contributed by atoms with Crippen molar-refractivity contribution in [2.45, 2.75) is 6.54 Å². The number of amides is 1. The fraction of sp³-hybridized carbons (Fsp3) is 0.133. The lowest BCUT2D eigenvalue weighted by molar-refractivity contribution is -0.118. The second-order valence-corrected chi connectivity index (χ2v) is 5.49. The number of benzene rings is 2. The molecule has 0 radical (unpaired) electrons. The summed E-state index contributed by atoms with van der Waals surface area (Å²) in [7, 11) is 0. The Morgan fingerprint density at radius 2 is 2.05 bits per heavy atom. The van der Waals surface area contributed by atoms with Crippen LogP contribution in [0, 0.1) is 0 Å². The molecule has 0 spiro atoms. The Kier molecular flexibility index (Phi) is 3.90. The Morgan fingerprint density at radius 3 is 2.90 bits per heavy atom. The van der Waals surface area contributed by atoms with Gasteiger partial charge >= 0.3 is 0 Å². The molecule has 1 aliphatic heterocycles. The molecule has 6 heteroatoms. The Morgan fingerprint density at radius 1 is 1.19 bits per heavy atom. The van der Waals surface area contributed by atoms with Crippen molar-refractivity contribution in [3.63, 3.8) is 0 Å². The lowest BCUT2D eigenvalue weighted by atomic mass is 10.1. The molecule has 0 unspecified atom stereocenters. The topological polar surface area (TPSA) is 50.4 Å². The average Bonchev–Trinajstić information content (AvgIpc) is 2.47. The maximum Gasteiger partial charge on any atom is 0.262 e. The first-order valence-electron chi connectivity index (χ1n) is 6.36. The second-order valence-electron chi connectivity index (χ2n) is 4.65. The van der Waals surface area contributed by atoms with Crippen molar-refractivity contribution in [3.8, 4) is 5.75 Å². The predicted octanol–water partition coefficient (Wildman–Crippen LogP) is 3.94. The smallest absolute Gasteiger partial charge is 0.262 e. The van der Waals surface area contributed by atoms with Crippen molar-refractivity contribution in [2.24, 2.45) is 0 Å². The van der Waals surface area contributed by atoms with E-state index in [0.29, 0.717) is 28.0 Å². The highest BCUT2D eigenvalue weighted by Crippen LogP contribution is 2.30. The first-order valence-corrected chi connectivity index (χ1v) is 7.12. The van der Waals surface area contributed by atoms with E-state index in [9.17, 15) is 4.79 Å². The van der Waals surface area contributed by atoms with Gasteiger partial charge in [-0.15, -0.1) is 0 Å². The van der Waals surface area contributed by atoms with Gasteiger partial charge in [0.2, 0.25) is 0 Å². The summed E-state index contributed by atoms with van der Waals surface area (Å²) in [6, 6.07) is 10.9. The SMILES string of the molecule is O=C1COc2ccc(CNc3cc(Cl)ccc3Cl)cc2N1. The number of anilines is 2. The first kappa shape index (κ1) is 14.0. The third-order valence-corrected chi connectivity index (χ3v) is 3.65. The van der Waals surface area contributed by atoms with Gasteiger partial charge in [-0.25, -0.2) is 0 Å². The summed E-state index contributed by atoms with van der Waals surface area (Å²) < 4.78 is 5.32. The number of nitrogens with one attached hydrogen (secondary N) is 2. The number of hydrogen-bond donors (Lipinski definition) is 2. The number of hydrogen-bond acceptors (Lipinski definition) is 3. The minimum atomic E-state index is -0.148. The van der Waals surface area contributed by atoms with E-state index in [1.807, 2.05) is 18.2 Å². The molecule has 1 heterocycles. The second kappa shape index (κ2) is 5.84. The van der Waals surface area contributed by atoms with E-state index in [1.165, 1.54) is 0 Å². The molecule has 108 valence electrons. The number of carbonyl (C=O) groups excluding carboxylic acids is 1. The van der Waals surface area contributed by atoms with Crippen LogP contribution in [-0.4, -0.2) is 12.5 Å². The largest absolute Gasteiger partial charge is 0.482 e. The van der Waals surface area contributed by atoms with Crippen LogP contribution in [0.5, 0.6) is 5.75 Å². The summed E-state index contributed by atoms with van der Waals surface area (Å²) in [6.07, 6.45) is 0. The monoisotopic (exact) mass is 322 g/mol. The molecule has 1 amide bonds. The molecule has 3 rings (SSSR count). The fourth-order valence-corrected chi connectivity index (χ4v) is 2.43. The Bertz CT molecular complexity index is 704. The molecule has 0 atom stereocenters. The Labute approximate surface area is 132 Å². The molecule has 0 saturated carbocycles. The third kappa shape index (κ3) is 3.23. The van der Waals surface area contributed by atoms with Gasteiger partial charge in [-0.1, -0.05) is 29.3 Å². The quantitative estimate of drug-likeness (QED) is 0.900. The lowest BCUT2D eigenvalue weighted by Gasteiger charge is -2.18. The molecule has 0 bridgehead atoms. The zero-order valence-corrected chi connectivity index (χ0v) is 12.5. The van der Waals surface area contributed by atoms with Crippen LogP contribution < -0.4 is 15.4 Å². The molecule has 2 N–H and O–H groups in total. The molecule has 1 aliphatic rings. The molecule has 2 aromatic carbocycles. The van der Waals surface area contributed by atoms with Gasteiger partial charge < -0.3 is 15.4 Å². The van der Waals surface area contributed by atoms with E-state index in [0.717, 1.165) is 11.3 Å². The summed E-state index contributed by atoms with van der Waals surface area (Å²) in [5, 5.41) is 7.22. The van der Waals surface area contributed by atoms with Crippen molar-refractivity contribution in [3.05, 3.63) is 52.0 Å². The number of halogens is 2. The summed E-state index contributed by atoms with van der Waals surface area (Å²) >= 11 is 12.0. The van der Waals surface area contributed by atoms with Crippen LogP contribution in [0.1, 0.15) is 5.56 Å². The minimum absolute atomic E-state index is 0.0583. The highest BCUT2D eigenvalue weighted by molar-refractivity contribution is 6.35. The predicted molar refractivity (Wildman–Crippen MR) is 84.4 cm³/mol. The van der Waals surface area contributed by atoms with E-state index < -0.39 is 0 Å².